The fourth-order valence-corrected chi connectivity index (χ4v) is 4.51. The summed E-state index contributed by atoms with van der Waals surface area (Å²) in [5, 5.41) is 6.17. The second-order valence-corrected chi connectivity index (χ2v) is 8.22. The SMILES string of the molecule is COc1cc(/C=C2\SC(=O)N(CCNC(=O)Cc3ccsc3)C2=O)cc(OC)c1OC. The van der Waals surface area contributed by atoms with Crippen molar-refractivity contribution in [3.63, 3.8) is 0 Å². The summed E-state index contributed by atoms with van der Waals surface area (Å²) in [7, 11) is 4.51. The molecule has 0 bridgehead atoms. The van der Waals surface area contributed by atoms with E-state index in [2.05, 4.69) is 5.32 Å². The van der Waals surface area contributed by atoms with Crippen LogP contribution in [-0.4, -0.2) is 56.4 Å². The van der Waals surface area contributed by atoms with Crippen molar-refractivity contribution in [1.82, 2.24) is 10.2 Å². The molecule has 2 aromatic rings. The summed E-state index contributed by atoms with van der Waals surface area (Å²) >= 11 is 2.37. The van der Waals surface area contributed by atoms with Crippen LogP contribution in [0.15, 0.2) is 33.9 Å². The zero-order chi connectivity index (χ0) is 22.4. The lowest BCUT2D eigenvalue weighted by Gasteiger charge is -2.13. The highest BCUT2D eigenvalue weighted by Gasteiger charge is 2.34. The van der Waals surface area contributed by atoms with Gasteiger partial charge in [-0.2, -0.15) is 11.3 Å². The summed E-state index contributed by atoms with van der Waals surface area (Å²) in [4.78, 5) is 38.4. The molecule has 8 nitrogen and oxygen atoms in total. The molecule has 0 atom stereocenters. The first-order valence-electron chi connectivity index (χ1n) is 9.30. The van der Waals surface area contributed by atoms with Gasteiger partial charge in [-0.15, -0.1) is 0 Å². The Morgan fingerprint density at radius 2 is 1.84 bits per heavy atom. The van der Waals surface area contributed by atoms with Crippen molar-refractivity contribution in [2.24, 2.45) is 0 Å². The lowest BCUT2D eigenvalue weighted by molar-refractivity contribution is -0.124. The maximum absolute atomic E-state index is 12.7. The molecule has 3 amide bonds. The van der Waals surface area contributed by atoms with E-state index in [1.54, 1.807) is 18.2 Å². The Bertz CT molecular complexity index is 978. The molecule has 164 valence electrons. The van der Waals surface area contributed by atoms with Gasteiger partial charge in [0, 0.05) is 13.1 Å². The van der Waals surface area contributed by atoms with E-state index in [0.717, 1.165) is 22.2 Å². The number of amides is 3. The smallest absolute Gasteiger partial charge is 0.293 e. The number of thioether (sulfide) groups is 1. The van der Waals surface area contributed by atoms with Crippen molar-refractivity contribution in [3.8, 4) is 17.2 Å². The molecule has 2 heterocycles. The highest BCUT2D eigenvalue weighted by molar-refractivity contribution is 8.18. The second kappa shape index (κ2) is 10.4. The molecule has 31 heavy (non-hydrogen) atoms. The van der Waals surface area contributed by atoms with Crippen LogP contribution in [0.25, 0.3) is 6.08 Å². The second-order valence-electron chi connectivity index (χ2n) is 6.45. The van der Waals surface area contributed by atoms with Gasteiger partial charge in [-0.1, -0.05) is 0 Å². The van der Waals surface area contributed by atoms with Gasteiger partial charge >= 0.3 is 0 Å². The Hall–Kier alpha value is -2.98. The number of rotatable bonds is 9. The van der Waals surface area contributed by atoms with Gasteiger partial charge in [0.25, 0.3) is 11.1 Å². The van der Waals surface area contributed by atoms with Crippen LogP contribution >= 0.6 is 23.1 Å². The minimum atomic E-state index is -0.407. The van der Waals surface area contributed by atoms with Crippen molar-refractivity contribution in [1.29, 1.82) is 0 Å². The number of nitrogens with zero attached hydrogens (tertiary/aromatic N) is 1. The number of nitrogens with one attached hydrogen (secondary N) is 1. The fourth-order valence-electron chi connectivity index (χ4n) is 2.98. The van der Waals surface area contributed by atoms with E-state index in [0.29, 0.717) is 22.8 Å². The molecule has 1 aliphatic heterocycles. The van der Waals surface area contributed by atoms with Crippen molar-refractivity contribution < 1.29 is 28.6 Å². The largest absolute Gasteiger partial charge is 0.493 e. The molecule has 0 radical (unpaired) electrons. The number of hydrogen-bond donors (Lipinski definition) is 1. The fraction of sp³-hybridized carbons (Fsp3) is 0.286. The first kappa shape index (κ1) is 22.7. The molecule has 3 rings (SSSR count). The van der Waals surface area contributed by atoms with Crippen LogP contribution in [0.2, 0.25) is 0 Å². The van der Waals surface area contributed by atoms with E-state index in [1.165, 1.54) is 32.7 Å². The van der Waals surface area contributed by atoms with Crippen molar-refractivity contribution in [2.45, 2.75) is 6.42 Å². The van der Waals surface area contributed by atoms with Crippen molar-refractivity contribution >= 4 is 46.2 Å². The van der Waals surface area contributed by atoms with Crippen molar-refractivity contribution in [3.05, 3.63) is 45.0 Å². The molecular weight excluding hydrogens is 440 g/mol. The molecule has 0 spiro atoms. The quantitative estimate of drug-likeness (QED) is 0.572. The molecule has 1 saturated heterocycles. The van der Waals surface area contributed by atoms with E-state index in [-0.39, 0.29) is 35.6 Å². The zero-order valence-electron chi connectivity index (χ0n) is 17.3. The predicted octanol–water partition coefficient (Wildman–Crippen LogP) is 3.17. The van der Waals surface area contributed by atoms with Gasteiger partial charge in [0.05, 0.1) is 32.7 Å². The summed E-state index contributed by atoms with van der Waals surface area (Å²) < 4.78 is 15.9. The number of hydrogen-bond acceptors (Lipinski definition) is 8. The maximum atomic E-state index is 12.7. The number of ether oxygens (including phenoxy) is 3. The third-order valence-corrected chi connectivity index (χ3v) is 6.10. The first-order chi connectivity index (χ1) is 15.0. The van der Waals surface area contributed by atoms with E-state index in [4.69, 9.17) is 14.2 Å². The summed E-state index contributed by atoms with van der Waals surface area (Å²) in [6.45, 7) is 0.297. The molecule has 1 aliphatic rings. The van der Waals surface area contributed by atoms with Gasteiger partial charge in [0.1, 0.15) is 0 Å². The van der Waals surface area contributed by atoms with Gasteiger partial charge in [-0.25, -0.2) is 0 Å². The van der Waals surface area contributed by atoms with Crippen LogP contribution < -0.4 is 19.5 Å². The number of carbonyl (C=O) groups is 3. The van der Waals surface area contributed by atoms with Crippen LogP contribution in [0.3, 0.4) is 0 Å². The van der Waals surface area contributed by atoms with Gasteiger partial charge in [-0.3, -0.25) is 19.3 Å². The molecule has 0 aliphatic carbocycles. The minimum Gasteiger partial charge on any atom is -0.493 e. The predicted molar refractivity (Wildman–Crippen MR) is 120 cm³/mol. The van der Waals surface area contributed by atoms with Crippen molar-refractivity contribution in [2.75, 3.05) is 34.4 Å². The standard InChI is InChI=1S/C21H22N2O6S2/c1-27-15-8-14(9-16(28-2)19(15)29-3)10-17-20(25)23(21(26)31-17)6-5-22-18(24)11-13-4-7-30-12-13/h4,7-10,12H,5-6,11H2,1-3H3,(H,22,24)/b17-10-. The Labute approximate surface area is 188 Å². The number of carbonyl (C=O) groups excluding carboxylic acids is 3. The Morgan fingerprint density at radius 3 is 2.42 bits per heavy atom. The number of methoxy groups -OCH3 is 3. The Morgan fingerprint density at radius 1 is 1.13 bits per heavy atom. The molecule has 1 aromatic carbocycles. The molecule has 0 unspecified atom stereocenters. The zero-order valence-corrected chi connectivity index (χ0v) is 18.9. The molecule has 10 heteroatoms. The maximum Gasteiger partial charge on any atom is 0.293 e. The first-order valence-corrected chi connectivity index (χ1v) is 11.1. The average molecular weight is 463 g/mol. The average Bonchev–Trinajstić information content (AvgIpc) is 3.36. The monoisotopic (exact) mass is 462 g/mol. The van der Waals surface area contributed by atoms with Gasteiger partial charge in [-0.05, 0) is 57.9 Å². The Balaban J connectivity index is 1.65. The van der Waals surface area contributed by atoms with E-state index in [1.807, 2.05) is 16.8 Å². The summed E-state index contributed by atoms with van der Waals surface area (Å²) in [6, 6.07) is 5.27. The highest BCUT2D eigenvalue weighted by atomic mass is 32.2. The molecule has 1 N–H and O–H groups in total. The highest BCUT2D eigenvalue weighted by Crippen LogP contribution is 2.40. The summed E-state index contributed by atoms with van der Waals surface area (Å²) in [5.74, 6) is 0.768. The molecule has 0 saturated carbocycles. The van der Waals surface area contributed by atoms with Gasteiger partial charge in [0.15, 0.2) is 11.5 Å². The number of benzene rings is 1. The normalized spacial score (nSPS) is 14.8. The van der Waals surface area contributed by atoms with E-state index in [9.17, 15) is 14.4 Å². The summed E-state index contributed by atoms with van der Waals surface area (Å²) in [5.41, 5.74) is 1.56. The minimum absolute atomic E-state index is 0.104. The molecule has 1 fully saturated rings. The molecule has 1 aromatic heterocycles. The summed E-state index contributed by atoms with van der Waals surface area (Å²) in [6.07, 6.45) is 1.87. The number of imide groups is 1. The van der Waals surface area contributed by atoms with Gasteiger partial charge in [0.2, 0.25) is 11.7 Å². The van der Waals surface area contributed by atoms with E-state index < -0.39 is 5.91 Å². The van der Waals surface area contributed by atoms with Crippen LogP contribution in [0.5, 0.6) is 17.2 Å². The lowest BCUT2D eigenvalue weighted by atomic mass is 10.1. The topological polar surface area (TPSA) is 94.2 Å². The van der Waals surface area contributed by atoms with Crippen LogP contribution in [0.4, 0.5) is 4.79 Å². The van der Waals surface area contributed by atoms with E-state index >= 15 is 0 Å². The van der Waals surface area contributed by atoms with Crippen LogP contribution in [0.1, 0.15) is 11.1 Å². The lowest BCUT2D eigenvalue weighted by Crippen LogP contribution is -2.37. The number of thiophene rings is 1. The van der Waals surface area contributed by atoms with Crippen LogP contribution in [-0.2, 0) is 16.0 Å². The molecular formula is C21H22N2O6S2. The third kappa shape index (κ3) is 5.39. The van der Waals surface area contributed by atoms with Gasteiger partial charge < -0.3 is 19.5 Å². The Kier molecular flexibility index (Phi) is 7.59. The third-order valence-electron chi connectivity index (χ3n) is 4.46. The van der Waals surface area contributed by atoms with Crippen LogP contribution in [0, 0.1) is 0 Å².